The molecule has 0 aliphatic heterocycles. The van der Waals surface area contributed by atoms with Gasteiger partial charge in [-0.05, 0) is 36.8 Å². The van der Waals surface area contributed by atoms with Crippen LogP contribution in [-0.4, -0.2) is 17.4 Å². The largest absolute Gasteiger partial charge is 0.370 e. The summed E-state index contributed by atoms with van der Waals surface area (Å²) in [4.78, 5) is 16.4. The lowest BCUT2D eigenvalue weighted by molar-refractivity contribution is 0.102. The zero-order chi connectivity index (χ0) is 15.2. The van der Waals surface area contributed by atoms with Crippen molar-refractivity contribution in [3.63, 3.8) is 0 Å². The van der Waals surface area contributed by atoms with Gasteiger partial charge in [-0.3, -0.25) is 4.79 Å². The first-order chi connectivity index (χ1) is 10.1. The second-order valence-electron chi connectivity index (χ2n) is 4.45. The predicted molar refractivity (Wildman–Crippen MR) is 87.4 cm³/mol. The van der Waals surface area contributed by atoms with E-state index < -0.39 is 0 Å². The van der Waals surface area contributed by atoms with E-state index in [9.17, 15) is 4.79 Å². The molecule has 1 aromatic heterocycles. The molecular weight excluding hydrogens is 309 g/mol. The highest BCUT2D eigenvalue weighted by Crippen LogP contribution is 2.22. The number of carbonyl (C=O) groups is 1. The van der Waals surface area contributed by atoms with Crippen molar-refractivity contribution in [1.82, 2.24) is 4.98 Å². The van der Waals surface area contributed by atoms with Crippen LogP contribution >= 0.6 is 23.2 Å². The fourth-order valence-electron chi connectivity index (χ4n) is 1.73. The van der Waals surface area contributed by atoms with Crippen molar-refractivity contribution in [1.29, 1.82) is 0 Å². The van der Waals surface area contributed by atoms with Crippen LogP contribution in [0.1, 0.15) is 23.8 Å². The average molecular weight is 324 g/mol. The highest BCUT2D eigenvalue weighted by molar-refractivity contribution is 6.35. The van der Waals surface area contributed by atoms with Crippen molar-refractivity contribution < 1.29 is 4.79 Å². The van der Waals surface area contributed by atoms with Crippen LogP contribution in [0.25, 0.3) is 0 Å². The van der Waals surface area contributed by atoms with Crippen molar-refractivity contribution in [3.05, 3.63) is 52.1 Å². The highest BCUT2D eigenvalue weighted by Gasteiger charge is 2.09. The third-order valence-corrected chi connectivity index (χ3v) is 3.09. The Labute approximate surface area is 133 Å². The highest BCUT2D eigenvalue weighted by atomic mass is 35.5. The summed E-state index contributed by atoms with van der Waals surface area (Å²) < 4.78 is 0. The van der Waals surface area contributed by atoms with Crippen molar-refractivity contribution in [2.75, 3.05) is 17.2 Å². The molecule has 0 radical (unpaired) electrons. The molecule has 0 saturated heterocycles. The molecule has 0 aliphatic carbocycles. The van der Waals surface area contributed by atoms with Crippen molar-refractivity contribution in [2.45, 2.75) is 13.3 Å². The zero-order valence-electron chi connectivity index (χ0n) is 11.5. The van der Waals surface area contributed by atoms with Gasteiger partial charge in [0, 0.05) is 22.3 Å². The van der Waals surface area contributed by atoms with Crippen molar-refractivity contribution in [3.8, 4) is 0 Å². The molecule has 1 amide bonds. The van der Waals surface area contributed by atoms with Gasteiger partial charge in [0.1, 0.15) is 11.5 Å². The van der Waals surface area contributed by atoms with Crippen LogP contribution in [-0.2, 0) is 0 Å². The Kier molecular flexibility index (Phi) is 5.42. The van der Waals surface area contributed by atoms with Gasteiger partial charge in [-0.15, -0.1) is 0 Å². The van der Waals surface area contributed by atoms with Gasteiger partial charge in [-0.1, -0.05) is 36.2 Å². The van der Waals surface area contributed by atoms with E-state index in [-0.39, 0.29) is 5.91 Å². The summed E-state index contributed by atoms with van der Waals surface area (Å²) in [5.41, 5.74) is 0.860. The number of nitrogens with one attached hydrogen (secondary N) is 2. The van der Waals surface area contributed by atoms with E-state index in [0.29, 0.717) is 27.2 Å². The number of carbonyl (C=O) groups excluding carboxylic acids is 1. The van der Waals surface area contributed by atoms with Crippen LogP contribution in [0.5, 0.6) is 0 Å². The second kappa shape index (κ2) is 7.29. The van der Waals surface area contributed by atoms with E-state index in [0.717, 1.165) is 13.0 Å². The number of benzene rings is 1. The average Bonchev–Trinajstić information content (AvgIpc) is 2.44. The van der Waals surface area contributed by atoms with Gasteiger partial charge in [0.05, 0.1) is 0 Å². The van der Waals surface area contributed by atoms with E-state index in [1.165, 1.54) is 0 Å². The molecule has 0 aliphatic rings. The Balaban J connectivity index is 2.12. The quantitative estimate of drug-likeness (QED) is 0.853. The van der Waals surface area contributed by atoms with Gasteiger partial charge in [0.2, 0.25) is 0 Å². The first-order valence-corrected chi connectivity index (χ1v) is 7.32. The first-order valence-electron chi connectivity index (χ1n) is 6.57. The lowest BCUT2D eigenvalue weighted by Gasteiger charge is -2.08. The van der Waals surface area contributed by atoms with E-state index in [2.05, 4.69) is 22.5 Å². The number of hydrogen-bond donors (Lipinski definition) is 2. The molecular formula is C15H15Cl2N3O. The van der Waals surface area contributed by atoms with Gasteiger partial charge >= 0.3 is 0 Å². The van der Waals surface area contributed by atoms with Crippen LogP contribution < -0.4 is 10.6 Å². The van der Waals surface area contributed by atoms with Gasteiger partial charge in [0.15, 0.2) is 0 Å². The third-order valence-electron chi connectivity index (χ3n) is 2.66. The molecule has 1 aromatic carbocycles. The lowest BCUT2D eigenvalue weighted by atomic mass is 10.3. The summed E-state index contributed by atoms with van der Waals surface area (Å²) in [6, 6.07) is 10.1. The van der Waals surface area contributed by atoms with E-state index in [4.69, 9.17) is 23.2 Å². The summed E-state index contributed by atoms with van der Waals surface area (Å²) in [7, 11) is 0. The Morgan fingerprint density at radius 2 is 1.90 bits per heavy atom. The molecule has 6 heteroatoms. The van der Waals surface area contributed by atoms with E-state index in [1.807, 2.05) is 6.07 Å². The molecule has 0 spiro atoms. The van der Waals surface area contributed by atoms with Gasteiger partial charge in [0.25, 0.3) is 5.91 Å². The number of nitrogens with zero attached hydrogens (tertiary/aromatic N) is 1. The van der Waals surface area contributed by atoms with E-state index in [1.54, 1.807) is 30.3 Å². The molecule has 0 bridgehead atoms. The molecule has 0 saturated carbocycles. The van der Waals surface area contributed by atoms with E-state index >= 15 is 0 Å². The standard InChI is InChI=1S/C15H15Cl2N3O/c1-2-6-18-14-5-3-4-13(20-14)15(21)19-12-8-10(16)7-11(17)9-12/h3-5,7-9H,2,6H2,1H3,(H,18,20)(H,19,21). The van der Waals surface area contributed by atoms with Crippen LogP contribution in [0.3, 0.4) is 0 Å². The summed E-state index contributed by atoms with van der Waals surface area (Å²) in [5, 5.41) is 6.79. The Morgan fingerprint density at radius 3 is 2.57 bits per heavy atom. The van der Waals surface area contributed by atoms with Crippen LogP contribution in [0.2, 0.25) is 10.0 Å². The number of aromatic nitrogens is 1. The maximum atomic E-state index is 12.2. The summed E-state index contributed by atoms with van der Waals surface area (Å²) in [5.74, 6) is 0.363. The van der Waals surface area contributed by atoms with Gasteiger partial charge < -0.3 is 10.6 Å². The predicted octanol–water partition coefficient (Wildman–Crippen LogP) is 4.46. The molecule has 0 atom stereocenters. The smallest absolute Gasteiger partial charge is 0.274 e. The number of hydrogen-bond acceptors (Lipinski definition) is 3. The molecule has 2 aromatic rings. The molecule has 2 rings (SSSR count). The monoisotopic (exact) mass is 323 g/mol. The first kappa shape index (κ1) is 15.6. The number of anilines is 2. The lowest BCUT2D eigenvalue weighted by Crippen LogP contribution is -2.14. The number of rotatable bonds is 5. The van der Waals surface area contributed by atoms with Crippen LogP contribution in [0.4, 0.5) is 11.5 Å². The molecule has 4 nitrogen and oxygen atoms in total. The van der Waals surface area contributed by atoms with Crippen molar-refractivity contribution >= 4 is 40.6 Å². The molecule has 110 valence electrons. The molecule has 21 heavy (non-hydrogen) atoms. The normalized spacial score (nSPS) is 10.2. The Morgan fingerprint density at radius 1 is 1.19 bits per heavy atom. The SMILES string of the molecule is CCCNc1cccc(C(=O)Nc2cc(Cl)cc(Cl)c2)n1. The second-order valence-corrected chi connectivity index (χ2v) is 5.32. The minimum absolute atomic E-state index is 0.312. The molecule has 0 fully saturated rings. The fraction of sp³-hybridized carbons (Fsp3) is 0.200. The maximum absolute atomic E-state index is 12.2. The Hall–Kier alpha value is -1.78. The maximum Gasteiger partial charge on any atom is 0.274 e. The number of halogens is 2. The number of pyridine rings is 1. The topological polar surface area (TPSA) is 54.0 Å². The van der Waals surface area contributed by atoms with Crippen molar-refractivity contribution in [2.24, 2.45) is 0 Å². The van der Waals surface area contributed by atoms with Crippen LogP contribution in [0, 0.1) is 0 Å². The minimum Gasteiger partial charge on any atom is -0.370 e. The third kappa shape index (κ3) is 4.62. The Bertz CT molecular complexity index is 626. The molecule has 2 N–H and O–H groups in total. The number of amides is 1. The fourth-order valence-corrected chi connectivity index (χ4v) is 2.26. The van der Waals surface area contributed by atoms with Crippen LogP contribution in [0.15, 0.2) is 36.4 Å². The van der Waals surface area contributed by atoms with Gasteiger partial charge in [-0.2, -0.15) is 0 Å². The van der Waals surface area contributed by atoms with Gasteiger partial charge in [-0.25, -0.2) is 4.98 Å². The minimum atomic E-state index is -0.312. The summed E-state index contributed by atoms with van der Waals surface area (Å²) >= 11 is 11.8. The molecule has 1 heterocycles. The summed E-state index contributed by atoms with van der Waals surface area (Å²) in [6.07, 6.45) is 0.985. The zero-order valence-corrected chi connectivity index (χ0v) is 13.0. The molecule has 0 unspecified atom stereocenters. The summed E-state index contributed by atoms with van der Waals surface area (Å²) in [6.45, 7) is 2.87.